The van der Waals surface area contributed by atoms with Crippen LogP contribution in [0.15, 0.2) is 47.3 Å². The maximum absolute atomic E-state index is 15.0. The van der Waals surface area contributed by atoms with Crippen LogP contribution in [0.3, 0.4) is 0 Å². The quantitative estimate of drug-likeness (QED) is 0.434. The van der Waals surface area contributed by atoms with Gasteiger partial charge in [0.25, 0.3) is 5.56 Å². The zero-order valence-electron chi connectivity index (χ0n) is 19.3. The number of hydrogen-bond donors (Lipinski definition) is 4. The number of aromatic hydroxyl groups is 1. The molecular weight excluding hydrogens is 441 g/mol. The van der Waals surface area contributed by atoms with E-state index in [9.17, 15) is 29.0 Å². The van der Waals surface area contributed by atoms with Crippen LogP contribution in [0, 0.1) is 26.6 Å². The highest BCUT2D eigenvalue weighted by Crippen LogP contribution is 2.34. The highest BCUT2D eigenvalue weighted by atomic mass is 19.1. The molecule has 0 aliphatic carbocycles. The van der Waals surface area contributed by atoms with Gasteiger partial charge in [0.2, 0.25) is 0 Å². The lowest BCUT2D eigenvalue weighted by atomic mass is 9.89. The summed E-state index contributed by atoms with van der Waals surface area (Å²) < 4.78 is 16.2. The molecule has 178 valence electrons. The summed E-state index contributed by atoms with van der Waals surface area (Å²) in [7, 11) is 1.48. The first-order valence-corrected chi connectivity index (χ1v) is 10.5. The van der Waals surface area contributed by atoms with Crippen LogP contribution in [0.1, 0.15) is 34.8 Å². The maximum atomic E-state index is 15.0. The summed E-state index contributed by atoms with van der Waals surface area (Å²) in [4.78, 5) is 36.7. The molecule has 0 radical (unpaired) electrons. The second-order valence-corrected chi connectivity index (χ2v) is 8.11. The molecule has 0 aliphatic rings. The number of carbonyl (C=O) groups excluding carboxylic acids is 1. The molecule has 0 saturated carbocycles. The van der Waals surface area contributed by atoms with E-state index < -0.39 is 41.6 Å². The molecule has 3 aromatic rings. The monoisotopic (exact) mass is 467 g/mol. The number of pyridine rings is 1. The Morgan fingerprint density at radius 1 is 1.09 bits per heavy atom. The lowest BCUT2D eigenvalue weighted by molar-refractivity contribution is -0.137. The van der Waals surface area contributed by atoms with Crippen molar-refractivity contribution in [3.8, 4) is 16.9 Å². The second-order valence-electron chi connectivity index (χ2n) is 8.11. The zero-order valence-corrected chi connectivity index (χ0v) is 19.3. The summed E-state index contributed by atoms with van der Waals surface area (Å²) in [5.41, 5.74) is 2.48. The van der Waals surface area contributed by atoms with Crippen LogP contribution in [0.2, 0.25) is 0 Å². The van der Waals surface area contributed by atoms with E-state index in [1.165, 1.54) is 23.7 Å². The average molecular weight is 467 g/mol. The fourth-order valence-electron chi connectivity index (χ4n) is 3.92. The fraction of sp³-hybridized carbons (Fsp3) is 0.240. The molecule has 34 heavy (non-hydrogen) atoms. The fourth-order valence-corrected chi connectivity index (χ4v) is 3.92. The zero-order chi connectivity index (χ0) is 25.2. The molecule has 1 heterocycles. The number of nitrogens with zero attached hydrogens (tertiary/aromatic N) is 1. The third kappa shape index (κ3) is 4.93. The van der Waals surface area contributed by atoms with Crippen LogP contribution in [0.5, 0.6) is 5.75 Å². The van der Waals surface area contributed by atoms with Gasteiger partial charge in [-0.05, 0) is 49.1 Å². The van der Waals surface area contributed by atoms with E-state index in [0.29, 0.717) is 16.8 Å². The summed E-state index contributed by atoms with van der Waals surface area (Å²) >= 11 is 0. The third-order valence-corrected chi connectivity index (χ3v) is 5.82. The predicted molar refractivity (Wildman–Crippen MR) is 127 cm³/mol. The smallest absolute Gasteiger partial charge is 0.319 e. The van der Waals surface area contributed by atoms with Gasteiger partial charge >= 0.3 is 12.0 Å². The molecule has 0 spiro atoms. The lowest BCUT2D eigenvalue weighted by Gasteiger charge is -2.23. The van der Waals surface area contributed by atoms with Crippen molar-refractivity contribution >= 4 is 17.7 Å². The first-order valence-electron chi connectivity index (χ1n) is 10.5. The number of carbonyl (C=O) groups is 2. The number of benzene rings is 2. The Morgan fingerprint density at radius 2 is 1.76 bits per heavy atom. The van der Waals surface area contributed by atoms with Crippen LogP contribution >= 0.6 is 0 Å². The summed E-state index contributed by atoms with van der Waals surface area (Å²) in [5.74, 6) is -2.36. The van der Waals surface area contributed by atoms with Gasteiger partial charge in [-0.1, -0.05) is 30.3 Å². The van der Waals surface area contributed by atoms with Crippen molar-refractivity contribution in [1.82, 2.24) is 9.88 Å². The number of carboxylic acid groups (broad SMARTS) is 1. The van der Waals surface area contributed by atoms with E-state index in [4.69, 9.17) is 0 Å². The SMILES string of the molecule is Cc1ccccc1-c1ccc(F)c([C@H](CC(=O)O)NC(=O)Nc2c(O)cc(C)n(C)c2=O)c1C. The third-order valence-electron chi connectivity index (χ3n) is 5.82. The van der Waals surface area contributed by atoms with Crippen molar-refractivity contribution in [3.05, 3.63) is 81.0 Å². The Kier molecular flexibility index (Phi) is 7.05. The first kappa shape index (κ1) is 24.5. The van der Waals surface area contributed by atoms with Gasteiger partial charge in [-0.25, -0.2) is 9.18 Å². The lowest BCUT2D eigenvalue weighted by Crippen LogP contribution is -2.36. The number of rotatable bonds is 6. The number of aromatic nitrogens is 1. The van der Waals surface area contributed by atoms with Crippen LogP contribution in [-0.4, -0.2) is 26.8 Å². The van der Waals surface area contributed by atoms with Crippen molar-refractivity contribution < 1.29 is 24.2 Å². The Morgan fingerprint density at radius 3 is 2.41 bits per heavy atom. The summed E-state index contributed by atoms with van der Waals surface area (Å²) in [5, 5.41) is 24.2. The van der Waals surface area contributed by atoms with Gasteiger partial charge < -0.3 is 25.4 Å². The minimum atomic E-state index is -1.25. The van der Waals surface area contributed by atoms with Gasteiger partial charge in [0.15, 0.2) is 5.69 Å². The number of carboxylic acids is 1. The van der Waals surface area contributed by atoms with E-state index >= 15 is 0 Å². The number of amides is 2. The molecule has 0 aliphatic heterocycles. The van der Waals surface area contributed by atoms with Crippen LogP contribution in [-0.2, 0) is 11.8 Å². The second kappa shape index (κ2) is 9.78. The number of halogens is 1. The largest absolute Gasteiger partial charge is 0.505 e. The minimum Gasteiger partial charge on any atom is -0.505 e. The van der Waals surface area contributed by atoms with Gasteiger partial charge in [-0.15, -0.1) is 0 Å². The van der Waals surface area contributed by atoms with Crippen molar-refractivity contribution in [3.63, 3.8) is 0 Å². The molecular formula is C25H26FN3O5. The van der Waals surface area contributed by atoms with Crippen LogP contribution in [0.4, 0.5) is 14.9 Å². The van der Waals surface area contributed by atoms with Crippen LogP contribution in [0.25, 0.3) is 11.1 Å². The number of aryl methyl sites for hydroxylation is 2. The maximum Gasteiger partial charge on any atom is 0.319 e. The predicted octanol–water partition coefficient (Wildman–Crippen LogP) is 4.16. The molecule has 4 N–H and O–H groups in total. The molecule has 0 saturated heterocycles. The number of urea groups is 1. The summed E-state index contributed by atoms with van der Waals surface area (Å²) in [6.07, 6.45) is -0.597. The van der Waals surface area contributed by atoms with Gasteiger partial charge in [-0.2, -0.15) is 0 Å². The minimum absolute atomic E-state index is 0.0272. The molecule has 8 nitrogen and oxygen atoms in total. The number of aliphatic carboxylic acids is 1. The van der Waals surface area contributed by atoms with E-state index in [0.717, 1.165) is 11.1 Å². The Hall–Kier alpha value is -4.14. The highest BCUT2D eigenvalue weighted by Gasteiger charge is 2.26. The highest BCUT2D eigenvalue weighted by molar-refractivity contribution is 5.91. The molecule has 3 rings (SSSR count). The summed E-state index contributed by atoms with van der Waals surface area (Å²) in [6, 6.07) is 9.47. The van der Waals surface area contributed by atoms with Crippen LogP contribution < -0.4 is 16.2 Å². The standard InChI is InChI=1S/C25H26FN3O5/c1-13-7-5-6-8-16(13)17-9-10-18(26)22(15(17)3)19(12-21(31)32)27-25(34)28-23-20(30)11-14(2)29(4)24(23)33/h5-11,19,30H,12H2,1-4H3,(H,31,32)(H2,27,28,34)/t19-/m0/s1. The number of hydrogen-bond acceptors (Lipinski definition) is 4. The average Bonchev–Trinajstić information content (AvgIpc) is 2.75. The van der Waals surface area contributed by atoms with E-state index in [1.54, 1.807) is 19.9 Å². The molecule has 9 heteroatoms. The van der Waals surface area contributed by atoms with E-state index in [2.05, 4.69) is 10.6 Å². The molecule has 0 fully saturated rings. The molecule has 0 unspecified atom stereocenters. The van der Waals surface area contributed by atoms with Crippen molar-refractivity contribution in [2.45, 2.75) is 33.2 Å². The molecule has 1 aromatic heterocycles. The van der Waals surface area contributed by atoms with E-state index in [1.807, 2.05) is 31.2 Å². The van der Waals surface area contributed by atoms with Crippen molar-refractivity contribution in [1.29, 1.82) is 0 Å². The van der Waals surface area contributed by atoms with E-state index in [-0.39, 0.29) is 11.3 Å². The van der Waals surface area contributed by atoms with Gasteiger partial charge in [-0.3, -0.25) is 9.59 Å². The van der Waals surface area contributed by atoms with Gasteiger partial charge in [0.05, 0.1) is 12.5 Å². The Balaban J connectivity index is 2.00. The number of nitrogens with one attached hydrogen (secondary N) is 2. The van der Waals surface area contributed by atoms with Gasteiger partial charge in [0, 0.05) is 24.4 Å². The Labute approximate surface area is 195 Å². The van der Waals surface area contributed by atoms with Crippen molar-refractivity contribution in [2.24, 2.45) is 7.05 Å². The molecule has 0 bridgehead atoms. The summed E-state index contributed by atoms with van der Waals surface area (Å²) in [6.45, 7) is 5.18. The van der Waals surface area contributed by atoms with Crippen molar-refractivity contribution in [2.75, 3.05) is 5.32 Å². The molecule has 2 aromatic carbocycles. The number of anilines is 1. The molecule has 1 atom stereocenters. The first-order chi connectivity index (χ1) is 16.0. The molecule has 2 amide bonds. The normalized spacial score (nSPS) is 11.7. The Bertz CT molecular complexity index is 1330. The topological polar surface area (TPSA) is 121 Å². The van der Waals surface area contributed by atoms with Gasteiger partial charge in [0.1, 0.15) is 11.6 Å².